The zero-order chi connectivity index (χ0) is 21.1. The first kappa shape index (κ1) is 19.7. The first-order valence-electron chi connectivity index (χ1n) is 9.93. The molecule has 4 rings (SSSR count). The number of aryl methyl sites for hydroxylation is 2. The van der Waals surface area contributed by atoms with Crippen LogP contribution in [0.25, 0.3) is 0 Å². The zero-order valence-electron chi connectivity index (χ0n) is 17.3. The molecule has 30 heavy (non-hydrogen) atoms. The second-order valence-electron chi connectivity index (χ2n) is 7.53. The molecule has 1 atom stereocenters. The quantitative estimate of drug-likeness (QED) is 0.672. The number of para-hydroxylation sites is 1. The molecule has 1 aromatic heterocycles. The van der Waals surface area contributed by atoms with E-state index in [2.05, 4.69) is 20.6 Å². The molecule has 2 N–H and O–H groups in total. The Balaban J connectivity index is 1.39. The summed E-state index contributed by atoms with van der Waals surface area (Å²) in [6, 6.07) is 17.2. The lowest BCUT2D eigenvalue weighted by Crippen LogP contribution is -2.35. The van der Waals surface area contributed by atoms with Crippen molar-refractivity contribution < 1.29 is 9.53 Å². The first-order valence-corrected chi connectivity index (χ1v) is 9.93. The SMILES string of the molecule is Cc1cc(N(C)C)nc(Nc2ccc(NC(=O)[C@@H]3CCc4ccccc4O3)cc2)n1. The van der Waals surface area contributed by atoms with E-state index in [1.165, 1.54) is 0 Å². The van der Waals surface area contributed by atoms with Gasteiger partial charge >= 0.3 is 0 Å². The van der Waals surface area contributed by atoms with Gasteiger partial charge in [0.25, 0.3) is 5.91 Å². The number of nitrogens with zero attached hydrogens (tertiary/aromatic N) is 3. The highest BCUT2D eigenvalue weighted by Gasteiger charge is 2.25. The van der Waals surface area contributed by atoms with Crippen LogP contribution in [-0.2, 0) is 11.2 Å². The lowest BCUT2D eigenvalue weighted by molar-refractivity contribution is -0.123. The molecular formula is C23H25N5O2. The second-order valence-corrected chi connectivity index (χ2v) is 7.53. The van der Waals surface area contributed by atoms with Gasteiger partial charge in [0.05, 0.1) is 0 Å². The molecule has 154 valence electrons. The maximum atomic E-state index is 12.6. The fourth-order valence-electron chi connectivity index (χ4n) is 3.33. The number of hydrogen-bond acceptors (Lipinski definition) is 6. The molecule has 0 unspecified atom stereocenters. The van der Waals surface area contributed by atoms with Crippen LogP contribution < -0.4 is 20.3 Å². The zero-order valence-corrected chi connectivity index (χ0v) is 17.3. The molecule has 3 aromatic rings. The number of anilines is 4. The first-order chi connectivity index (χ1) is 14.5. The van der Waals surface area contributed by atoms with Gasteiger partial charge in [0.2, 0.25) is 5.95 Å². The summed E-state index contributed by atoms with van der Waals surface area (Å²) in [5.41, 5.74) is 3.58. The van der Waals surface area contributed by atoms with E-state index < -0.39 is 6.10 Å². The van der Waals surface area contributed by atoms with E-state index in [1.54, 1.807) is 0 Å². The van der Waals surface area contributed by atoms with Gasteiger partial charge in [-0.2, -0.15) is 4.98 Å². The van der Waals surface area contributed by atoms with Gasteiger partial charge in [-0.1, -0.05) is 18.2 Å². The van der Waals surface area contributed by atoms with Crippen LogP contribution in [0.4, 0.5) is 23.1 Å². The van der Waals surface area contributed by atoms with Crippen LogP contribution in [0.2, 0.25) is 0 Å². The lowest BCUT2D eigenvalue weighted by Gasteiger charge is -2.25. The third-order valence-electron chi connectivity index (χ3n) is 4.92. The summed E-state index contributed by atoms with van der Waals surface area (Å²) >= 11 is 0. The van der Waals surface area contributed by atoms with Crippen molar-refractivity contribution in [1.29, 1.82) is 0 Å². The van der Waals surface area contributed by atoms with E-state index in [4.69, 9.17) is 4.74 Å². The largest absolute Gasteiger partial charge is 0.480 e. The molecule has 0 aliphatic carbocycles. The number of rotatable bonds is 5. The molecule has 7 heteroatoms. The molecule has 0 radical (unpaired) electrons. The molecule has 1 aliphatic heterocycles. The summed E-state index contributed by atoms with van der Waals surface area (Å²) in [5.74, 6) is 2.02. The molecule has 2 heterocycles. The van der Waals surface area contributed by atoms with Gasteiger partial charge in [0, 0.05) is 37.2 Å². The van der Waals surface area contributed by atoms with Gasteiger partial charge in [-0.25, -0.2) is 4.98 Å². The van der Waals surface area contributed by atoms with E-state index in [1.807, 2.05) is 80.5 Å². The summed E-state index contributed by atoms with van der Waals surface area (Å²) in [4.78, 5) is 23.5. The Morgan fingerprint density at radius 2 is 1.80 bits per heavy atom. The van der Waals surface area contributed by atoms with E-state index in [9.17, 15) is 4.79 Å². The van der Waals surface area contributed by atoms with Gasteiger partial charge < -0.3 is 20.3 Å². The topological polar surface area (TPSA) is 79.4 Å². The van der Waals surface area contributed by atoms with E-state index in [-0.39, 0.29) is 5.91 Å². The lowest BCUT2D eigenvalue weighted by atomic mass is 10.0. The molecule has 2 aromatic carbocycles. The van der Waals surface area contributed by atoms with Crippen LogP contribution in [0, 0.1) is 6.92 Å². The third-order valence-corrected chi connectivity index (χ3v) is 4.92. The minimum Gasteiger partial charge on any atom is -0.480 e. The summed E-state index contributed by atoms with van der Waals surface area (Å²) < 4.78 is 5.87. The van der Waals surface area contributed by atoms with Crippen molar-refractivity contribution in [3.63, 3.8) is 0 Å². The van der Waals surface area contributed by atoms with E-state index in [0.29, 0.717) is 18.1 Å². The number of amides is 1. The van der Waals surface area contributed by atoms with Gasteiger partial charge in [-0.05, 0) is 55.7 Å². The highest BCUT2D eigenvalue weighted by Crippen LogP contribution is 2.28. The Bertz CT molecular complexity index is 1050. The number of benzene rings is 2. The fourth-order valence-corrected chi connectivity index (χ4v) is 3.33. The molecule has 1 amide bonds. The molecule has 0 spiro atoms. The molecule has 1 aliphatic rings. The van der Waals surface area contributed by atoms with E-state index >= 15 is 0 Å². The highest BCUT2D eigenvalue weighted by atomic mass is 16.5. The average molecular weight is 403 g/mol. The van der Waals surface area contributed by atoms with Crippen LogP contribution in [-0.4, -0.2) is 36.1 Å². The van der Waals surface area contributed by atoms with Crippen LogP contribution >= 0.6 is 0 Å². The molecular weight excluding hydrogens is 378 g/mol. The van der Waals surface area contributed by atoms with Crippen LogP contribution in [0.1, 0.15) is 17.7 Å². The maximum Gasteiger partial charge on any atom is 0.265 e. The van der Waals surface area contributed by atoms with Gasteiger partial charge in [0.15, 0.2) is 6.10 Å². The van der Waals surface area contributed by atoms with Gasteiger partial charge in [-0.3, -0.25) is 4.79 Å². The Labute approximate surface area is 176 Å². The van der Waals surface area contributed by atoms with Crippen LogP contribution in [0.5, 0.6) is 5.75 Å². The van der Waals surface area contributed by atoms with Crippen molar-refractivity contribution in [2.24, 2.45) is 0 Å². The number of carbonyl (C=O) groups excluding carboxylic acids is 1. The van der Waals surface area contributed by atoms with Crippen LogP contribution in [0.15, 0.2) is 54.6 Å². The van der Waals surface area contributed by atoms with Crippen molar-refractivity contribution in [2.45, 2.75) is 25.9 Å². The molecule has 0 saturated heterocycles. The summed E-state index contributed by atoms with van der Waals surface area (Å²) in [5, 5.41) is 6.15. The molecule has 0 bridgehead atoms. The normalized spacial score (nSPS) is 15.0. The Morgan fingerprint density at radius 1 is 1.07 bits per heavy atom. The second kappa shape index (κ2) is 8.41. The summed E-state index contributed by atoms with van der Waals surface area (Å²) in [6.45, 7) is 1.93. The maximum absolute atomic E-state index is 12.6. The number of aromatic nitrogens is 2. The predicted molar refractivity (Wildman–Crippen MR) is 119 cm³/mol. The van der Waals surface area contributed by atoms with Crippen LogP contribution in [0.3, 0.4) is 0 Å². The average Bonchev–Trinajstić information content (AvgIpc) is 2.74. The Hall–Kier alpha value is -3.61. The smallest absolute Gasteiger partial charge is 0.265 e. The number of hydrogen-bond donors (Lipinski definition) is 2. The van der Waals surface area contributed by atoms with Gasteiger partial charge in [-0.15, -0.1) is 0 Å². The summed E-state index contributed by atoms with van der Waals surface area (Å²) in [6.07, 6.45) is 1.02. The Kier molecular flexibility index (Phi) is 5.52. The Morgan fingerprint density at radius 3 is 2.57 bits per heavy atom. The van der Waals surface area contributed by atoms with Crippen molar-refractivity contribution in [2.75, 3.05) is 29.6 Å². The monoisotopic (exact) mass is 403 g/mol. The number of carbonyl (C=O) groups is 1. The fraction of sp³-hybridized carbons (Fsp3) is 0.261. The summed E-state index contributed by atoms with van der Waals surface area (Å²) in [7, 11) is 3.88. The van der Waals surface area contributed by atoms with Crippen molar-refractivity contribution in [3.05, 3.63) is 65.9 Å². The molecule has 0 fully saturated rings. The van der Waals surface area contributed by atoms with Crippen molar-refractivity contribution in [1.82, 2.24) is 9.97 Å². The molecule has 0 saturated carbocycles. The minimum atomic E-state index is -0.483. The molecule has 7 nitrogen and oxygen atoms in total. The number of ether oxygens (including phenoxy) is 1. The highest BCUT2D eigenvalue weighted by molar-refractivity contribution is 5.94. The van der Waals surface area contributed by atoms with Gasteiger partial charge in [0.1, 0.15) is 11.6 Å². The number of nitrogens with one attached hydrogen (secondary N) is 2. The van der Waals surface area contributed by atoms with Crippen molar-refractivity contribution >= 4 is 29.0 Å². The third kappa shape index (κ3) is 4.51. The minimum absolute atomic E-state index is 0.136. The van der Waals surface area contributed by atoms with E-state index in [0.717, 1.165) is 34.9 Å². The standard InChI is InChI=1S/C23H25N5O2/c1-15-14-21(28(2)3)27-23(24-15)26-18-11-9-17(10-12-18)25-22(29)20-13-8-16-6-4-5-7-19(16)30-20/h4-7,9-12,14,20H,8,13H2,1-3H3,(H,25,29)(H,24,26,27)/t20-/m0/s1. The number of fused-ring (bicyclic) bond motifs is 1. The van der Waals surface area contributed by atoms with Crippen molar-refractivity contribution in [3.8, 4) is 5.75 Å². The predicted octanol–water partition coefficient (Wildman–Crippen LogP) is 3.93.